The van der Waals surface area contributed by atoms with E-state index >= 15 is 0 Å². The maximum absolute atomic E-state index is 12.7. The molecule has 6 heteroatoms. The monoisotopic (exact) mass is 433 g/mol. The van der Waals surface area contributed by atoms with Crippen molar-refractivity contribution in [1.29, 1.82) is 0 Å². The average Bonchev–Trinajstić information content (AvgIpc) is 2.86. The molecule has 0 spiro atoms. The number of Topliss-reactive ketones (excluding diaryl/α,β-unsaturated/α-hetero) is 1. The second-order valence-electron chi connectivity index (χ2n) is 11.5. The first kappa shape index (κ1) is 25.4. The van der Waals surface area contributed by atoms with Crippen molar-refractivity contribution in [2.45, 2.75) is 87.1 Å². The van der Waals surface area contributed by atoms with Gasteiger partial charge in [0.25, 0.3) is 0 Å². The number of carbonyl (C=O) groups is 3. The SMILES string of the molecule is CC(C)CCNC(=O)CCC(C)(C)C1CC2=C1NC(C(=O)NCC(=O)C(C)(C)C)C2C. The molecular formula is C25H43N3O3. The van der Waals surface area contributed by atoms with Gasteiger partial charge in [-0.15, -0.1) is 0 Å². The summed E-state index contributed by atoms with van der Waals surface area (Å²) in [6, 6.07) is -0.321. The summed E-state index contributed by atoms with van der Waals surface area (Å²) < 4.78 is 0. The van der Waals surface area contributed by atoms with Crippen LogP contribution in [0.4, 0.5) is 0 Å². The number of rotatable bonds is 10. The fourth-order valence-electron chi connectivity index (χ4n) is 4.34. The molecular weight excluding hydrogens is 390 g/mol. The van der Waals surface area contributed by atoms with Gasteiger partial charge in [0, 0.05) is 35.9 Å². The van der Waals surface area contributed by atoms with E-state index in [0.29, 0.717) is 18.3 Å². The third kappa shape index (κ3) is 6.33. The van der Waals surface area contributed by atoms with Crippen molar-refractivity contribution in [2.24, 2.45) is 28.6 Å². The molecule has 1 heterocycles. The Morgan fingerprint density at radius 3 is 2.32 bits per heavy atom. The standard InChI is InChI=1S/C25H43N3O3/c1-15(2)10-12-26-20(30)9-11-25(7,8)18-13-17-16(3)21(28-22(17)18)23(31)27-14-19(29)24(4,5)6/h15-16,18,21,28H,9-14H2,1-8H3,(H,26,30)(H,27,31). The molecule has 0 fully saturated rings. The predicted octanol–water partition coefficient (Wildman–Crippen LogP) is 3.57. The minimum absolute atomic E-state index is 0.0193. The van der Waals surface area contributed by atoms with Crippen molar-refractivity contribution < 1.29 is 14.4 Å². The highest BCUT2D eigenvalue weighted by Crippen LogP contribution is 2.52. The molecule has 2 amide bonds. The van der Waals surface area contributed by atoms with Gasteiger partial charge in [0.15, 0.2) is 5.78 Å². The average molecular weight is 434 g/mol. The van der Waals surface area contributed by atoms with Crippen LogP contribution in [-0.4, -0.2) is 36.7 Å². The topological polar surface area (TPSA) is 87.3 Å². The first-order valence-corrected chi connectivity index (χ1v) is 11.8. The van der Waals surface area contributed by atoms with E-state index in [1.165, 1.54) is 11.3 Å². The molecule has 3 unspecified atom stereocenters. The smallest absolute Gasteiger partial charge is 0.243 e. The van der Waals surface area contributed by atoms with Crippen molar-refractivity contribution >= 4 is 17.6 Å². The van der Waals surface area contributed by atoms with E-state index in [2.05, 4.69) is 50.6 Å². The minimum atomic E-state index is -0.458. The van der Waals surface area contributed by atoms with E-state index < -0.39 is 5.41 Å². The molecule has 0 aromatic carbocycles. The minimum Gasteiger partial charge on any atom is -0.376 e. The lowest BCUT2D eigenvalue weighted by molar-refractivity contribution is -0.130. The van der Waals surface area contributed by atoms with Gasteiger partial charge in [-0.1, -0.05) is 55.4 Å². The van der Waals surface area contributed by atoms with E-state index in [4.69, 9.17) is 0 Å². The summed E-state index contributed by atoms with van der Waals surface area (Å²) in [6.07, 6.45) is 3.31. The maximum Gasteiger partial charge on any atom is 0.243 e. The lowest BCUT2D eigenvalue weighted by Crippen LogP contribution is -2.47. The molecule has 0 aromatic rings. The fourth-order valence-corrected chi connectivity index (χ4v) is 4.34. The van der Waals surface area contributed by atoms with Gasteiger partial charge in [0.1, 0.15) is 6.04 Å². The zero-order valence-electron chi connectivity index (χ0n) is 20.8. The number of hydrogen-bond donors (Lipinski definition) is 3. The van der Waals surface area contributed by atoms with Gasteiger partial charge in [-0.05, 0) is 36.2 Å². The number of carbonyl (C=O) groups excluding carboxylic acids is 3. The molecule has 31 heavy (non-hydrogen) atoms. The third-order valence-electron chi connectivity index (χ3n) is 7.00. The van der Waals surface area contributed by atoms with Crippen molar-refractivity contribution in [2.75, 3.05) is 13.1 Å². The van der Waals surface area contributed by atoms with Gasteiger partial charge in [-0.2, -0.15) is 0 Å². The third-order valence-corrected chi connectivity index (χ3v) is 7.00. The summed E-state index contributed by atoms with van der Waals surface area (Å²) in [5.41, 5.74) is 2.02. The molecule has 0 saturated heterocycles. The van der Waals surface area contributed by atoms with Crippen LogP contribution < -0.4 is 16.0 Å². The maximum atomic E-state index is 12.7. The number of nitrogens with one attached hydrogen (secondary N) is 3. The van der Waals surface area contributed by atoms with E-state index in [9.17, 15) is 14.4 Å². The summed E-state index contributed by atoms with van der Waals surface area (Å²) in [5.74, 6) is 1.09. The van der Waals surface area contributed by atoms with Crippen LogP contribution in [0.1, 0.15) is 81.1 Å². The van der Waals surface area contributed by atoms with Crippen molar-refractivity contribution in [3.63, 3.8) is 0 Å². The summed E-state index contributed by atoms with van der Waals surface area (Å²) >= 11 is 0. The van der Waals surface area contributed by atoms with E-state index in [1.54, 1.807) is 0 Å². The van der Waals surface area contributed by atoms with Crippen molar-refractivity contribution in [3.05, 3.63) is 11.3 Å². The Hall–Kier alpha value is -1.85. The Bertz CT molecular complexity index is 731. The van der Waals surface area contributed by atoms with Gasteiger partial charge in [-0.3, -0.25) is 14.4 Å². The zero-order chi connectivity index (χ0) is 23.6. The highest BCUT2D eigenvalue weighted by molar-refractivity contribution is 5.91. The molecule has 0 radical (unpaired) electrons. The molecule has 2 aliphatic rings. The summed E-state index contributed by atoms with van der Waals surface area (Å²) in [4.78, 5) is 37.1. The van der Waals surface area contributed by atoms with Crippen LogP contribution in [0, 0.1) is 28.6 Å². The van der Waals surface area contributed by atoms with Crippen LogP contribution in [0.5, 0.6) is 0 Å². The highest BCUT2D eigenvalue weighted by atomic mass is 16.2. The normalized spacial score (nSPS) is 23.2. The Morgan fingerprint density at radius 2 is 1.74 bits per heavy atom. The van der Waals surface area contributed by atoms with Crippen LogP contribution in [0.2, 0.25) is 0 Å². The Balaban J connectivity index is 1.85. The summed E-state index contributed by atoms with van der Waals surface area (Å²) in [7, 11) is 0. The largest absolute Gasteiger partial charge is 0.376 e. The number of hydrogen-bond acceptors (Lipinski definition) is 4. The predicted molar refractivity (Wildman–Crippen MR) is 124 cm³/mol. The van der Waals surface area contributed by atoms with Crippen LogP contribution >= 0.6 is 0 Å². The Kier molecular flexibility index (Phi) is 7.99. The molecule has 6 nitrogen and oxygen atoms in total. The van der Waals surface area contributed by atoms with E-state index in [1.807, 2.05) is 20.8 Å². The van der Waals surface area contributed by atoms with Gasteiger partial charge in [0.05, 0.1) is 6.54 Å². The Labute approximate surface area is 188 Å². The molecule has 0 saturated carbocycles. The molecule has 176 valence electrons. The van der Waals surface area contributed by atoms with Crippen LogP contribution in [-0.2, 0) is 14.4 Å². The first-order valence-electron chi connectivity index (χ1n) is 11.8. The number of allylic oxidation sites excluding steroid dienone is 1. The molecule has 1 aliphatic carbocycles. The molecule has 3 atom stereocenters. The highest BCUT2D eigenvalue weighted by Gasteiger charge is 2.49. The zero-order valence-corrected chi connectivity index (χ0v) is 20.8. The van der Waals surface area contributed by atoms with Crippen molar-refractivity contribution in [1.82, 2.24) is 16.0 Å². The number of ketones is 1. The lowest BCUT2D eigenvalue weighted by atomic mass is 9.63. The number of amides is 2. The molecule has 1 aliphatic heterocycles. The van der Waals surface area contributed by atoms with Gasteiger partial charge >= 0.3 is 0 Å². The second kappa shape index (κ2) is 9.74. The van der Waals surface area contributed by atoms with Crippen LogP contribution in [0.25, 0.3) is 0 Å². The van der Waals surface area contributed by atoms with E-state index in [-0.39, 0.29) is 41.5 Å². The molecule has 3 N–H and O–H groups in total. The molecule has 0 aromatic heterocycles. The first-order chi connectivity index (χ1) is 14.2. The van der Waals surface area contributed by atoms with Gasteiger partial charge in [0.2, 0.25) is 11.8 Å². The second-order valence-corrected chi connectivity index (χ2v) is 11.5. The van der Waals surface area contributed by atoms with Gasteiger partial charge in [-0.25, -0.2) is 0 Å². The van der Waals surface area contributed by atoms with Crippen LogP contribution in [0.3, 0.4) is 0 Å². The summed E-state index contributed by atoms with van der Waals surface area (Å²) in [6.45, 7) is 17.2. The summed E-state index contributed by atoms with van der Waals surface area (Å²) in [5, 5.41) is 9.29. The molecule has 2 rings (SSSR count). The quantitative estimate of drug-likeness (QED) is 0.491. The van der Waals surface area contributed by atoms with E-state index in [0.717, 1.165) is 25.8 Å². The lowest BCUT2D eigenvalue weighted by Gasteiger charge is -2.42. The Morgan fingerprint density at radius 1 is 1.10 bits per heavy atom. The van der Waals surface area contributed by atoms with Crippen molar-refractivity contribution in [3.8, 4) is 0 Å². The van der Waals surface area contributed by atoms with Crippen LogP contribution in [0.15, 0.2) is 11.3 Å². The molecule has 0 bridgehead atoms. The fraction of sp³-hybridized carbons (Fsp3) is 0.800. The van der Waals surface area contributed by atoms with Gasteiger partial charge < -0.3 is 16.0 Å².